The largest absolute Gasteiger partial charge is 0.489 e. The Morgan fingerprint density at radius 3 is 3.00 bits per heavy atom. The standard InChI is InChI=1S/C27H30N6O3/c1-17(2)36-25-9-26(30-12-21(25)10-28)33-14-19(11-31-33)13-32-7-6-29-22(15-32)8-20-4-5-23-24(18(20)3)16-35-27(23)34/h4-5,9,11-12,14,17,22,29H,6-8,13,15-16H2,1-3H3/t22-/m0/s1. The Morgan fingerprint density at radius 2 is 2.19 bits per heavy atom. The number of pyridine rings is 1. The van der Waals surface area contributed by atoms with Gasteiger partial charge in [0.1, 0.15) is 24.0 Å². The third kappa shape index (κ3) is 4.96. The Hall–Kier alpha value is -3.74. The number of piperazine rings is 1. The van der Waals surface area contributed by atoms with Crippen molar-refractivity contribution in [2.45, 2.75) is 52.5 Å². The number of aromatic nitrogens is 3. The van der Waals surface area contributed by atoms with Gasteiger partial charge >= 0.3 is 5.97 Å². The monoisotopic (exact) mass is 486 g/mol. The van der Waals surface area contributed by atoms with E-state index >= 15 is 0 Å². The van der Waals surface area contributed by atoms with Crippen molar-refractivity contribution in [1.82, 2.24) is 25.0 Å². The average molecular weight is 487 g/mol. The van der Waals surface area contributed by atoms with Crippen molar-refractivity contribution in [2.75, 3.05) is 19.6 Å². The molecule has 5 rings (SSSR count). The maximum atomic E-state index is 11.8. The number of cyclic esters (lactones) is 1. The zero-order valence-electron chi connectivity index (χ0n) is 20.8. The van der Waals surface area contributed by atoms with E-state index in [0.29, 0.717) is 35.3 Å². The number of benzene rings is 1. The molecule has 0 unspecified atom stereocenters. The lowest BCUT2D eigenvalue weighted by molar-refractivity contribution is 0.0535. The number of nitrogens with zero attached hydrogens (tertiary/aromatic N) is 5. The number of carbonyl (C=O) groups excluding carboxylic acids is 1. The molecule has 0 aliphatic carbocycles. The predicted octanol–water partition coefficient (Wildman–Crippen LogP) is 2.92. The molecule has 0 saturated carbocycles. The Kier molecular flexibility index (Phi) is 6.72. The number of carbonyl (C=O) groups is 1. The summed E-state index contributed by atoms with van der Waals surface area (Å²) in [7, 11) is 0. The minimum absolute atomic E-state index is 0.0439. The highest BCUT2D eigenvalue weighted by atomic mass is 16.5. The molecule has 1 aromatic carbocycles. The molecule has 36 heavy (non-hydrogen) atoms. The smallest absolute Gasteiger partial charge is 0.338 e. The molecule has 1 saturated heterocycles. The zero-order valence-corrected chi connectivity index (χ0v) is 20.8. The lowest BCUT2D eigenvalue weighted by Crippen LogP contribution is -2.51. The molecular formula is C27H30N6O3. The number of fused-ring (bicyclic) bond motifs is 1. The van der Waals surface area contributed by atoms with Crippen molar-refractivity contribution in [2.24, 2.45) is 0 Å². The van der Waals surface area contributed by atoms with Crippen molar-refractivity contribution in [3.05, 3.63) is 70.2 Å². The summed E-state index contributed by atoms with van der Waals surface area (Å²) in [5.74, 6) is 0.906. The second-order valence-corrected chi connectivity index (χ2v) is 9.65. The molecule has 4 heterocycles. The second-order valence-electron chi connectivity index (χ2n) is 9.65. The summed E-state index contributed by atoms with van der Waals surface area (Å²) < 4.78 is 12.7. The van der Waals surface area contributed by atoms with Gasteiger partial charge in [-0.2, -0.15) is 10.4 Å². The highest BCUT2D eigenvalue weighted by Crippen LogP contribution is 2.27. The number of esters is 1. The van der Waals surface area contributed by atoms with Gasteiger partial charge in [-0.1, -0.05) is 6.07 Å². The van der Waals surface area contributed by atoms with Gasteiger partial charge in [0.15, 0.2) is 5.82 Å². The molecule has 0 amide bonds. The zero-order chi connectivity index (χ0) is 25.2. The van der Waals surface area contributed by atoms with E-state index in [1.165, 1.54) is 11.8 Å². The van der Waals surface area contributed by atoms with Crippen LogP contribution < -0.4 is 10.1 Å². The Labute approximate surface area is 210 Å². The van der Waals surface area contributed by atoms with Crippen LogP contribution in [0.2, 0.25) is 0 Å². The van der Waals surface area contributed by atoms with E-state index in [1.807, 2.05) is 32.3 Å². The fourth-order valence-corrected chi connectivity index (χ4v) is 4.87. The quantitative estimate of drug-likeness (QED) is 0.508. The van der Waals surface area contributed by atoms with Gasteiger partial charge in [0.05, 0.1) is 24.1 Å². The van der Waals surface area contributed by atoms with E-state index in [9.17, 15) is 10.1 Å². The molecule has 2 aromatic heterocycles. The first kappa shape index (κ1) is 24.0. The molecular weight excluding hydrogens is 456 g/mol. The molecule has 2 aliphatic heterocycles. The highest BCUT2D eigenvalue weighted by Gasteiger charge is 2.26. The molecule has 2 aliphatic rings. The summed E-state index contributed by atoms with van der Waals surface area (Å²) in [4.78, 5) is 18.7. The first-order valence-corrected chi connectivity index (χ1v) is 12.3. The van der Waals surface area contributed by atoms with Crippen LogP contribution in [0.15, 0.2) is 36.8 Å². The summed E-state index contributed by atoms with van der Waals surface area (Å²) in [6, 6.07) is 8.17. The lowest BCUT2D eigenvalue weighted by Gasteiger charge is -2.34. The molecule has 1 atom stereocenters. The van der Waals surface area contributed by atoms with Crippen LogP contribution in [0, 0.1) is 18.3 Å². The van der Waals surface area contributed by atoms with Crippen LogP contribution in [-0.4, -0.2) is 57.4 Å². The second kappa shape index (κ2) is 10.1. The third-order valence-electron chi connectivity index (χ3n) is 6.70. The molecule has 1 fully saturated rings. The van der Waals surface area contributed by atoms with Gasteiger partial charge in [0, 0.05) is 55.6 Å². The maximum absolute atomic E-state index is 11.8. The maximum Gasteiger partial charge on any atom is 0.338 e. The van der Waals surface area contributed by atoms with Crippen LogP contribution in [-0.2, 0) is 24.3 Å². The molecule has 9 nitrogen and oxygen atoms in total. The number of nitriles is 1. The first-order chi connectivity index (χ1) is 17.4. The molecule has 9 heteroatoms. The SMILES string of the molecule is Cc1c(C[C@H]2CN(Cc3cnn(-c4cc(OC(C)C)c(C#N)cn4)c3)CCN2)ccc2c1COC2=O. The minimum Gasteiger partial charge on any atom is -0.489 e. The number of hydrogen-bond donors (Lipinski definition) is 1. The molecule has 0 bridgehead atoms. The van der Waals surface area contributed by atoms with E-state index in [2.05, 4.69) is 39.4 Å². The first-order valence-electron chi connectivity index (χ1n) is 12.3. The van der Waals surface area contributed by atoms with Crippen molar-refractivity contribution in [3.63, 3.8) is 0 Å². The fraction of sp³-hybridized carbons (Fsp3) is 0.407. The number of nitrogens with one attached hydrogen (secondary N) is 1. The van der Waals surface area contributed by atoms with Crippen molar-refractivity contribution in [3.8, 4) is 17.6 Å². The van der Waals surface area contributed by atoms with E-state index in [1.54, 1.807) is 10.7 Å². The average Bonchev–Trinajstić information content (AvgIpc) is 3.48. The number of rotatable bonds is 7. The van der Waals surface area contributed by atoms with Gasteiger partial charge in [0.25, 0.3) is 0 Å². The van der Waals surface area contributed by atoms with E-state index in [-0.39, 0.29) is 12.1 Å². The van der Waals surface area contributed by atoms with Crippen molar-refractivity contribution < 1.29 is 14.3 Å². The molecule has 1 N–H and O–H groups in total. The molecule has 0 spiro atoms. The summed E-state index contributed by atoms with van der Waals surface area (Å²) in [6.45, 7) is 9.88. The normalized spacial score (nSPS) is 17.6. The van der Waals surface area contributed by atoms with Crippen LogP contribution in [0.4, 0.5) is 0 Å². The number of ether oxygens (including phenoxy) is 2. The van der Waals surface area contributed by atoms with E-state index in [0.717, 1.165) is 49.3 Å². The van der Waals surface area contributed by atoms with Gasteiger partial charge in [-0.05, 0) is 44.4 Å². The highest BCUT2D eigenvalue weighted by molar-refractivity contribution is 5.93. The van der Waals surface area contributed by atoms with Crippen LogP contribution in [0.3, 0.4) is 0 Å². The third-order valence-corrected chi connectivity index (χ3v) is 6.70. The van der Waals surface area contributed by atoms with Gasteiger partial charge in [-0.15, -0.1) is 0 Å². The molecule has 3 aromatic rings. The van der Waals surface area contributed by atoms with Crippen LogP contribution >= 0.6 is 0 Å². The number of hydrogen-bond acceptors (Lipinski definition) is 8. The molecule has 0 radical (unpaired) electrons. The van der Waals surface area contributed by atoms with Crippen molar-refractivity contribution >= 4 is 5.97 Å². The van der Waals surface area contributed by atoms with E-state index in [4.69, 9.17) is 9.47 Å². The minimum atomic E-state index is -0.220. The van der Waals surface area contributed by atoms with Crippen molar-refractivity contribution in [1.29, 1.82) is 5.26 Å². The predicted molar refractivity (Wildman–Crippen MR) is 133 cm³/mol. The lowest BCUT2D eigenvalue weighted by atomic mass is 9.94. The Balaban J connectivity index is 1.24. The fourth-order valence-electron chi connectivity index (χ4n) is 4.87. The van der Waals surface area contributed by atoms with Gasteiger partial charge in [-0.25, -0.2) is 14.5 Å². The Morgan fingerprint density at radius 1 is 1.33 bits per heavy atom. The summed E-state index contributed by atoms with van der Waals surface area (Å²) >= 11 is 0. The summed E-state index contributed by atoms with van der Waals surface area (Å²) in [5.41, 5.74) is 5.64. The summed E-state index contributed by atoms with van der Waals surface area (Å²) in [5, 5.41) is 17.5. The van der Waals surface area contributed by atoms with Crippen LogP contribution in [0.5, 0.6) is 5.75 Å². The topological polar surface area (TPSA) is 105 Å². The molecule has 186 valence electrons. The van der Waals surface area contributed by atoms with Gasteiger partial charge < -0.3 is 14.8 Å². The van der Waals surface area contributed by atoms with E-state index < -0.39 is 0 Å². The summed E-state index contributed by atoms with van der Waals surface area (Å²) in [6.07, 6.45) is 6.22. The van der Waals surface area contributed by atoms with Crippen LogP contribution in [0.1, 0.15) is 52.0 Å². The van der Waals surface area contributed by atoms with Gasteiger partial charge in [-0.3, -0.25) is 4.90 Å². The van der Waals surface area contributed by atoms with Gasteiger partial charge in [0.2, 0.25) is 0 Å². The Bertz CT molecular complexity index is 1330. The van der Waals surface area contributed by atoms with Crippen LogP contribution in [0.25, 0.3) is 5.82 Å².